The van der Waals surface area contributed by atoms with E-state index in [0.717, 1.165) is 12.8 Å². The Morgan fingerprint density at radius 2 is 2.22 bits per heavy atom. The minimum Gasteiger partial charge on any atom is -0.296 e. The van der Waals surface area contributed by atoms with Crippen molar-refractivity contribution in [3.8, 4) is 0 Å². The number of nitrogens with zero attached hydrogens (tertiary/aromatic N) is 1. The van der Waals surface area contributed by atoms with Gasteiger partial charge in [-0.05, 0) is 30.0 Å². The Labute approximate surface area is 52.7 Å². The standard InChI is InChI=1S/C6H7NO2/c8-4-6(7-9)3-5-1-2-5/h3-5H,1-2H2/b6-3-. The highest BCUT2D eigenvalue weighted by atomic mass is 16.3. The molecule has 0 saturated heterocycles. The summed E-state index contributed by atoms with van der Waals surface area (Å²) in [6, 6.07) is 0. The van der Waals surface area contributed by atoms with Crippen LogP contribution in [0.3, 0.4) is 0 Å². The molecule has 0 atom stereocenters. The van der Waals surface area contributed by atoms with Crippen LogP contribution in [0.5, 0.6) is 0 Å². The van der Waals surface area contributed by atoms with E-state index in [0.29, 0.717) is 12.2 Å². The van der Waals surface area contributed by atoms with Crippen LogP contribution in [0.15, 0.2) is 16.9 Å². The zero-order chi connectivity index (χ0) is 6.69. The highest BCUT2D eigenvalue weighted by Gasteiger charge is 2.19. The number of hydrogen-bond acceptors (Lipinski definition) is 3. The molecule has 1 rings (SSSR count). The summed E-state index contributed by atoms with van der Waals surface area (Å²) in [5, 5.41) is 2.53. The van der Waals surface area contributed by atoms with Gasteiger partial charge >= 0.3 is 0 Å². The molecule has 0 aromatic heterocycles. The topological polar surface area (TPSA) is 46.5 Å². The van der Waals surface area contributed by atoms with Gasteiger partial charge in [-0.2, -0.15) is 0 Å². The summed E-state index contributed by atoms with van der Waals surface area (Å²) in [6.07, 6.45) is 4.30. The summed E-state index contributed by atoms with van der Waals surface area (Å²) >= 11 is 0. The second-order valence-electron chi connectivity index (χ2n) is 2.14. The quantitative estimate of drug-likeness (QED) is 0.323. The molecule has 0 N–H and O–H groups in total. The van der Waals surface area contributed by atoms with Gasteiger partial charge in [0.2, 0.25) is 0 Å². The first kappa shape index (κ1) is 6.13. The minimum absolute atomic E-state index is 0.0394. The lowest BCUT2D eigenvalue weighted by Crippen LogP contribution is -1.77. The van der Waals surface area contributed by atoms with E-state index in [4.69, 9.17) is 0 Å². The average molecular weight is 125 g/mol. The molecule has 0 aromatic rings. The van der Waals surface area contributed by atoms with Crippen molar-refractivity contribution >= 4 is 6.29 Å². The Hall–Kier alpha value is -0.990. The third-order valence-electron chi connectivity index (χ3n) is 1.25. The van der Waals surface area contributed by atoms with Crippen LogP contribution in [0.25, 0.3) is 0 Å². The summed E-state index contributed by atoms with van der Waals surface area (Å²) in [5.41, 5.74) is 0.0394. The first-order valence-electron chi connectivity index (χ1n) is 2.87. The zero-order valence-corrected chi connectivity index (χ0v) is 4.91. The van der Waals surface area contributed by atoms with Crippen molar-refractivity contribution in [2.45, 2.75) is 12.8 Å². The van der Waals surface area contributed by atoms with Crippen LogP contribution in [-0.4, -0.2) is 6.29 Å². The highest BCUT2D eigenvalue weighted by molar-refractivity contribution is 5.72. The summed E-state index contributed by atoms with van der Waals surface area (Å²) in [5.74, 6) is 0.447. The van der Waals surface area contributed by atoms with Gasteiger partial charge in [-0.15, -0.1) is 4.91 Å². The Bertz CT molecular complexity index is 148. The molecule has 3 nitrogen and oxygen atoms in total. The Kier molecular flexibility index (Phi) is 1.72. The first-order valence-corrected chi connectivity index (χ1v) is 2.87. The molecule has 48 valence electrons. The second kappa shape index (κ2) is 2.53. The molecule has 0 spiro atoms. The van der Waals surface area contributed by atoms with Gasteiger partial charge in [0.25, 0.3) is 0 Å². The summed E-state index contributed by atoms with van der Waals surface area (Å²) in [6.45, 7) is 0. The van der Waals surface area contributed by atoms with Crippen molar-refractivity contribution in [1.29, 1.82) is 0 Å². The van der Waals surface area contributed by atoms with Gasteiger partial charge in [0.1, 0.15) is 5.70 Å². The van der Waals surface area contributed by atoms with Crippen LogP contribution in [-0.2, 0) is 4.79 Å². The van der Waals surface area contributed by atoms with E-state index in [1.165, 1.54) is 0 Å². The summed E-state index contributed by atoms with van der Waals surface area (Å²) in [7, 11) is 0. The predicted octanol–water partition coefficient (Wildman–Crippen LogP) is 1.25. The number of nitroso groups, excluding NO2 is 1. The van der Waals surface area contributed by atoms with Crippen LogP contribution in [0.1, 0.15) is 12.8 Å². The molecule has 0 amide bonds. The summed E-state index contributed by atoms with van der Waals surface area (Å²) < 4.78 is 0. The van der Waals surface area contributed by atoms with E-state index in [-0.39, 0.29) is 5.70 Å². The van der Waals surface area contributed by atoms with E-state index >= 15 is 0 Å². The summed E-state index contributed by atoms with van der Waals surface area (Å²) in [4.78, 5) is 19.7. The first-order chi connectivity index (χ1) is 4.36. The van der Waals surface area contributed by atoms with Gasteiger partial charge in [0.15, 0.2) is 6.29 Å². The lowest BCUT2D eigenvalue weighted by molar-refractivity contribution is -0.104. The molecule has 0 bridgehead atoms. The minimum atomic E-state index is 0.0394. The number of carbonyl (C=O) groups excluding carboxylic acids is 1. The predicted molar refractivity (Wildman–Crippen MR) is 32.7 cm³/mol. The molecule has 1 aliphatic rings. The molecule has 3 heteroatoms. The maximum atomic E-state index is 9.94. The van der Waals surface area contributed by atoms with Crippen LogP contribution >= 0.6 is 0 Å². The SMILES string of the molecule is O=C/C(=C/C1CC1)N=O. The number of carbonyl (C=O) groups is 1. The Morgan fingerprint density at radius 3 is 2.56 bits per heavy atom. The van der Waals surface area contributed by atoms with Gasteiger partial charge in [0.05, 0.1) is 0 Å². The third kappa shape index (κ3) is 1.76. The number of allylic oxidation sites excluding steroid dienone is 2. The van der Waals surface area contributed by atoms with Crippen molar-refractivity contribution in [3.05, 3.63) is 16.7 Å². The van der Waals surface area contributed by atoms with Crippen LogP contribution in [0, 0.1) is 10.8 Å². The Balaban J connectivity index is 2.51. The zero-order valence-electron chi connectivity index (χ0n) is 4.91. The largest absolute Gasteiger partial charge is 0.296 e. The fraction of sp³-hybridized carbons (Fsp3) is 0.500. The molecule has 1 fully saturated rings. The normalized spacial score (nSPS) is 19.3. The van der Waals surface area contributed by atoms with Crippen LogP contribution in [0.2, 0.25) is 0 Å². The molecule has 0 aromatic carbocycles. The molecule has 0 aliphatic heterocycles. The maximum absolute atomic E-state index is 9.94. The number of hydrogen-bond donors (Lipinski definition) is 0. The lowest BCUT2D eigenvalue weighted by Gasteiger charge is -1.79. The van der Waals surface area contributed by atoms with E-state index in [2.05, 4.69) is 5.18 Å². The molecule has 9 heavy (non-hydrogen) atoms. The molecular formula is C6H7NO2. The van der Waals surface area contributed by atoms with Crippen molar-refractivity contribution in [2.75, 3.05) is 0 Å². The molecule has 0 unspecified atom stereocenters. The van der Waals surface area contributed by atoms with Crippen molar-refractivity contribution in [1.82, 2.24) is 0 Å². The third-order valence-corrected chi connectivity index (χ3v) is 1.25. The lowest BCUT2D eigenvalue weighted by atomic mass is 10.3. The molecule has 1 saturated carbocycles. The van der Waals surface area contributed by atoms with Crippen LogP contribution in [0.4, 0.5) is 0 Å². The molecule has 1 aliphatic carbocycles. The van der Waals surface area contributed by atoms with Crippen molar-refractivity contribution in [2.24, 2.45) is 11.1 Å². The van der Waals surface area contributed by atoms with Gasteiger partial charge < -0.3 is 0 Å². The fourth-order valence-corrected chi connectivity index (χ4v) is 0.596. The van der Waals surface area contributed by atoms with Gasteiger partial charge in [-0.3, -0.25) is 4.79 Å². The number of aldehydes is 1. The second-order valence-corrected chi connectivity index (χ2v) is 2.14. The molecular weight excluding hydrogens is 118 g/mol. The molecule has 0 radical (unpaired) electrons. The maximum Gasteiger partial charge on any atom is 0.171 e. The van der Waals surface area contributed by atoms with Gasteiger partial charge in [-0.1, -0.05) is 0 Å². The van der Waals surface area contributed by atoms with Gasteiger partial charge in [0, 0.05) is 0 Å². The fourth-order valence-electron chi connectivity index (χ4n) is 0.596. The number of rotatable bonds is 3. The van der Waals surface area contributed by atoms with E-state index < -0.39 is 0 Å². The van der Waals surface area contributed by atoms with E-state index in [1.54, 1.807) is 6.08 Å². The van der Waals surface area contributed by atoms with Crippen LogP contribution < -0.4 is 0 Å². The average Bonchev–Trinajstić information content (AvgIpc) is 2.66. The van der Waals surface area contributed by atoms with E-state index in [9.17, 15) is 9.70 Å². The highest BCUT2D eigenvalue weighted by Crippen LogP contribution is 2.31. The Morgan fingerprint density at radius 1 is 1.56 bits per heavy atom. The monoisotopic (exact) mass is 125 g/mol. The molecule has 0 heterocycles. The smallest absolute Gasteiger partial charge is 0.171 e. The van der Waals surface area contributed by atoms with Gasteiger partial charge in [-0.25, -0.2) is 0 Å². The van der Waals surface area contributed by atoms with Crippen molar-refractivity contribution < 1.29 is 4.79 Å². The van der Waals surface area contributed by atoms with E-state index in [1.807, 2.05) is 0 Å². The van der Waals surface area contributed by atoms with Crippen molar-refractivity contribution in [3.63, 3.8) is 0 Å².